The second-order valence-electron chi connectivity index (χ2n) is 3.70. The van der Waals surface area contributed by atoms with Crippen LogP contribution in [0.25, 0.3) is 0 Å². The number of benzene rings is 1. The molecule has 0 atom stereocenters. The Morgan fingerprint density at radius 2 is 1.69 bits per heavy atom. The summed E-state index contributed by atoms with van der Waals surface area (Å²) in [5.74, 6) is 0. The fourth-order valence-corrected chi connectivity index (χ4v) is 1.35. The fraction of sp³-hybridized carbons (Fsp3) is 0.375. The van der Waals surface area contributed by atoms with Gasteiger partial charge in [0.05, 0.1) is 0 Å². The minimum absolute atomic E-state index is 1.05. The highest BCUT2D eigenvalue weighted by Crippen LogP contribution is 2.09. The van der Waals surface area contributed by atoms with Gasteiger partial charge < -0.3 is 0 Å². The van der Waals surface area contributed by atoms with Gasteiger partial charge in [0.25, 0.3) is 0 Å². The SMILES string of the molecule is C/C=C\C=C(/C)Cc1ccc(C)cc1.CC. The summed E-state index contributed by atoms with van der Waals surface area (Å²) in [4.78, 5) is 0. The monoisotopic (exact) mass is 216 g/mol. The van der Waals surface area contributed by atoms with Gasteiger partial charge >= 0.3 is 0 Å². The summed E-state index contributed by atoms with van der Waals surface area (Å²) in [5.41, 5.74) is 4.10. The summed E-state index contributed by atoms with van der Waals surface area (Å²) in [7, 11) is 0. The van der Waals surface area contributed by atoms with Crippen molar-refractivity contribution >= 4 is 0 Å². The molecule has 0 heterocycles. The van der Waals surface area contributed by atoms with Gasteiger partial charge in [0.2, 0.25) is 0 Å². The van der Waals surface area contributed by atoms with Crippen LogP contribution >= 0.6 is 0 Å². The highest BCUT2D eigenvalue weighted by molar-refractivity contribution is 5.26. The molecule has 16 heavy (non-hydrogen) atoms. The maximum atomic E-state index is 2.20. The number of aryl methyl sites for hydroxylation is 1. The van der Waals surface area contributed by atoms with Gasteiger partial charge in [-0.3, -0.25) is 0 Å². The molecule has 0 heteroatoms. The van der Waals surface area contributed by atoms with Crippen molar-refractivity contribution in [2.45, 2.75) is 41.0 Å². The van der Waals surface area contributed by atoms with Gasteiger partial charge in [0.15, 0.2) is 0 Å². The van der Waals surface area contributed by atoms with E-state index in [4.69, 9.17) is 0 Å². The maximum absolute atomic E-state index is 2.20. The van der Waals surface area contributed by atoms with Crippen LogP contribution in [0.2, 0.25) is 0 Å². The van der Waals surface area contributed by atoms with E-state index in [0.717, 1.165) is 6.42 Å². The quantitative estimate of drug-likeness (QED) is 0.618. The summed E-state index contributed by atoms with van der Waals surface area (Å²) in [6, 6.07) is 8.72. The molecule has 0 saturated heterocycles. The average Bonchev–Trinajstić information content (AvgIpc) is 2.32. The predicted octanol–water partition coefficient (Wildman–Crippen LogP) is 5.09. The van der Waals surface area contributed by atoms with E-state index < -0.39 is 0 Å². The fourth-order valence-electron chi connectivity index (χ4n) is 1.35. The lowest BCUT2D eigenvalue weighted by atomic mass is 10.0. The van der Waals surface area contributed by atoms with Crippen molar-refractivity contribution in [3.63, 3.8) is 0 Å². The first-order valence-corrected chi connectivity index (χ1v) is 6.06. The molecule has 0 aliphatic carbocycles. The molecule has 0 aliphatic rings. The Bertz CT molecular complexity index is 326. The van der Waals surface area contributed by atoms with Crippen molar-refractivity contribution in [2.24, 2.45) is 0 Å². The zero-order chi connectivity index (χ0) is 12.4. The second kappa shape index (κ2) is 8.96. The molecule has 0 aromatic heterocycles. The van der Waals surface area contributed by atoms with Crippen molar-refractivity contribution in [1.29, 1.82) is 0 Å². The Hall–Kier alpha value is -1.30. The molecule has 1 aromatic carbocycles. The molecule has 0 saturated carbocycles. The molecule has 1 rings (SSSR count). The molecular weight excluding hydrogens is 192 g/mol. The number of hydrogen-bond acceptors (Lipinski definition) is 0. The number of rotatable bonds is 3. The molecule has 0 spiro atoms. The Morgan fingerprint density at radius 1 is 1.12 bits per heavy atom. The lowest BCUT2D eigenvalue weighted by molar-refractivity contribution is 1.14. The smallest absolute Gasteiger partial charge is 0.00668 e. The Balaban J connectivity index is 0.00000106. The van der Waals surface area contributed by atoms with Crippen molar-refractivity contribution in [2.75, 3.05) is 0 Å². The van der Waals surface area contributed by atoms with Crippen LogP contribution in [0.1, 0.15) is 38.8 Å². The lowest BCUT2D eigenvalue weighted by Crippen LogP contribution is -1.86. The van der Waals surface area contributed by atoms with Gasteiger partial charge in [-0.2, -0.15) is 0 Å². The molecule has 0 nitrogen and oxygen atoms in total. The van der Waals surface area contributed by atoms with E-state index in [2.05, 4.69) is 56.3 Å². The van der Waals surface area contributed by atoms with Gasteiger partial charge in [-0.1, -0.05) is 67.5 Å². The molecule has 0 unspecified atom stereocenters. The van der Waals surface area contributed by atoms with E-state index in [-0.39, 0.29) is 0 Å². The molecule has 88 valence electrons. The highest BCUT2D eigenvalue weighted by atomic mass is 14.0. The molecular formula is C16H24. The zero-order valence-electron chi connectivity index (χ0n) is 11.2. The van der Waals surface area contributed by atoms with E-state index in [1.807, 2.05) is 20.8 Å². The molecule has 0 radical (unpaired) electrons. The maximum Gasteiger partial charge on any atom is -0.00668 e. The van der Waals surface area contributed by atoms with E-state index in [1.165, 1.54) is 16.7 Å². The van der Waals surface area contributed by atoms with Gasteiger partial charge in [0, 0.05) is 0 Å². The third-order valence-electron chi connectivity index (χ3n) is 2.18. The third kappa shape index (κ3) is 6.23. The first kappa shape index (κ1) is 14.7. The van der Waals surface area contributed by atoms with E-state index >= 15 is 0 Å². The lowest BCUT2D eigenvalue weighted by Gasteiger charge is -2.01. The number of allylic oxidation sites excluding steroid dienone is 4. The molecule has 0 aliphatic heterocycles. The number of hydrogen-bond donors (Lipinski definition) is 0. The van der Waals surface area contributed by atoms with Crippen LogP contribution < -0.4 is 0 Å². The topological polar surface area (TPSA) is 0 Å². The zero-order valence-corrected chi connectivity index (χ0v) is 11.2. The summed E-state index contributed by atoms with van der Waals surface area (Å²) in [5, 5.41) is 0. The standard InChI is InChI=1S/C14H18.C2H6/c1-4-5-6-13(3)11-14-9-7-12(2)8-10-14;1-2/h4-10H,11H2,1-3H3;1-2H3/b5-4-,13-6+;. The Labute approximate surface area is 101 Å². The normalized spacial score (nSPS) is 11.2. The van der Waals surface area contributed by atoms with Gasteiger partial charge in [0.1, 0.15) is 0 Å². The highest BCUT2D eigenvalue weighted by Gasteiger charge is 1.93. The van der Waals surface area contributed by atoms with Crippen molar-refractivity contribution in [3.05, 3.63) is 59.2 Å². The van der Waals surface area contributed by atoms with Crippen molar-refractivity contribution < 1.29 is 0 Å². The molecule has 1 aromatic rings. The minimum atomic E-state index is 1.05. The Kier molecular flexibility index (Phi) is 8.24. The minimum Gasteiger partial charge on any atom is -0.0877 e. The third-order valence-corrected chi connectivity index (χ3v) is 2.18. The first-order chi connectivity index (χ1) is 7.72. The predicted molar refractivity (Wildman–Crippen MR) is 74.8 cm³/mol. The van der Waals surface area contributed by atoms with Crippen molar-refractivity contribution in [1.82, 2.24) is 0 Å². The Morgan fingerprint density at radius 3 is 2.19 bits per heavy atom. The molecule has 0 fully saturated rings. The average molecular weight is 216 g/mol. The molecule has 0 amide bonds. The van der Waals surface area contributed by atoms with Crippen molar-refractivity contribution in [3.8, 4) is 0 Å². The summed E-state index contributed by atoms with van der Waals surface area (Å²) >= 11 is 0. The van der Waals surface area contributed by atoms with E-state index in [9.17, 15) is 0 Å². The van der Waals surface area contributed by atoms with Gasteiger partial charge in [-0.05, 0) is 32.8 Å². The van der Waals surface area contributed by atoms with Crippen LogP contribution in [-0.2, 0) is 6.42 Å². The molecule has 0 N–H and O–H groups in total. The second-order valence-corrected chi connectivity index (χ2v) is 3.70. The van der Waals surface area contributed by atoms with Crippen LogP contribution in [-0.4, -0.2) is 0 Å². The largest absolute Gasteiger partial charge is 0.0877 e. The van der Waals surface area contributed by atoms with Gasteiger partial charge in [-0.25, -0.2) is 0 Å². The summed E-state index contributed by atoms with van der Waals surface area (Å²) < 4.78 is 0. The molecule has 0 bridgehead atoms. The van der Waals surface area contributed by atoms with E-state index in [0.29, 0.717) is 0 Å². The summed E-state index contributed by atoms with van der Waals surface area (Å²) in [6.07, 6.45) is 7.35. The van der Waals surface area contributed by atoms with Crippen LogP contribution in [0.15, 0.2) is 48.1 Å². The van der Waals surface area contributed by atoms with Crippen LogP contribution in [0.3, 0.4) is 0 Å². The van der Waals surface area contributed by atoms with Gasteiger partial charge in [-0.15, -0.1) is 0 Å². The first-order valence-electron chi connectivity index (χ1n) is 6.06. The van der Waals surface area contributed by atoms with Crippen LogP contribution in [0.4, 0.5) is 0 Å². The summed E-state index contributed by atoms with van der Waals surface area (Å²) in [6.45, 7) is 10.3. The van der Waals surface area contributed by atoms with Crippen LogP contribution in [0.5, 0.6) is 0 Å². The van der Waals surface area contributed by atoms with E-state index in [1.54, 1.807) is 0 Å². The van der Waals surface area contributed by atoms with Crippen LogP contribution in [0, 0.1) is 6.92 Å².